The lowest BCUT2D eigenvalue weighted by Gasteiger charge is -2.22. The molecule has 27 heavy (non-hydrogen) atoms. The first kappa shape index (κ1) is 17.4. The van der Waals surface area contributed by atoms with Gasteiger partial charge in [0.2, 0.25) is 0 Å². The van der Waals surface area contributed by atoms with Gasteiger partial charge in [0.05, 0.1) is 25.1 Å². The summed E-state index contributed by atoms with van der Waals surface area (Å²) in [6.07, 6.45) is 2.21. The van der Waals surface area contributed by atoms with Crippen molar-refractivity contribution in [3.63, 3.8) is 0 Å². The summed E-state index contributed by atoms with van der Waals surface area (Å²) in [5.41, 5.74) is 1.45. The molecule has 140 valence electrons. The van der Waals surface area contributed by atoms with E-state index in [1.54, 1.807) is 30.3 Å². The van der Waals surface area contributed by atoms with Crippen LogP contribution in [-0.2, 0) is 20.7 Å². The lowest BCUT2D eigenvalue weighted by atomic mass is 9.98. The van der Waals surface area contributed by atoms with Crippen LogP contribution in [0.5, 0.6) is 5.75 Å². The summed E-state index contributed by atoms with van der Waals surface area (Å²) in [6, 6.07) is 7.80. The van der Waals surface area contributed by atoms with Gasteiger partial charge in [-0.05, 0) is 35.9 Å². The number of methoxy groups -OCH3 is 1. The van der Waals surface area contributed by atoms with Gasteiger partial charge < -0.3 is 23.9 Å². The van der Waals surface area contributed by atoms with E-state index in [1.807, 2.05) is 0 Å². The van der Waals surface area contributed by atoms with Gasteiger partial charge in [-0.1, -0.05) is 0 Å². The first-order chi connectivity index (χ1) is 13.1. The minimum atomic E-state index is -0.792. The number of Topliss-reactive ketones (excluding diaryl/α,β-unsaturated/α-hetero) is 1. The second kappa shape index (κ2) is 6.92. The van der Waals surface area contributed by atoms with Crippen molar-refractivity contribution in [2.24, 2.45) is 0 Å². The molecule has 1 atom stereocenters. The molecular formula is C20H19NO6. The number of furan rings is 1. The van der Waals surface area contributed by atoms with Gasteiger partial charge in [0.15, 0.2) is 0 Å². The number of ether oxygens (including phenoxy) is 2. The van der Waals surface area contributed by atoms with Crippen LogP contribution in [0.1, 0.15) is 22.9 Å². The lowest BCUT2D eigenvalue weighted by Crippen LogP contribution is -2.32. The largest absolute Gasteiger partial charge is 0.507 e. The van der Waals surface area contributed by atoms with E-state index in [9.17, 15) is 14.7 Å². The third-order valence-corrected chi connectivity index (χ3v) is 4.85. The lowest BCUT2D eigenvalue weighted by molar-refractivity contribution is -0.140. The Hall–Kier alpha value is -3.06. The number of hydrogen-bond donors (Lipinski definition) is 1. The fraction of sp³-hybridized carbons (Fsp3) is 0.300. The van der Waals surface area contributed by atoms with E-state index >= 15 is 0 Å². The fourth-order valence-corrected chi connectivity index (χ4v) is 3.53. The maximum Gasteiger partial charge on any atom is 0.295 e. The number of benzene rings is 1. The summed E-state index contributed by atoms with van der Waals surface area (Å²) in [4.78, 5) is 26.6. The van der Waals surface area contributed by atoms with Crippen molar-refractivity contribution >= 4 is 17.4 Å². The SMILES string of the molecule is COCCN1C(=O)C(=O)/C(=C(\O)c2ccc3c(c2)CCO3)C1c1ccco1. The zero-order valence-electron chi connectivity index (χ0n) is 14.8. The molecule has 1 aromatic heterocycles. The predicted octanol–water partition coefficient (Wildman–Crippen LogP) is 2.28. The second-order valence-electron chi connectivity index (χ2n) is 6.42. The van der Waals surface area contributed by atoms with Gasteiger partial charge in [0.1, 0.15) is 23.3 Å². The molecule has 1 N–H and O–H groups in total. The number of nitrogens with zero attached hydrogens (tertiary/aromatic N) is 1. The average Bonchev–Trinajstić information content (AvgIpc) is 3.40. The predicted molar refractivity (Wildman–Crippen MR) is 95.2 cm³/mol. The second-order valence-corrected chi connectivity index (χ2v) is 6.42. The molecule has 4 rings (SSSR count). The summed E-state index contributed by atoms with van der Waals surface area (Å²) < 4.78 is 16.0. The van der Waals surface area contributed by atoms with Crippen LogP contribution in [0, 0.1) is 0 Å². The maximum atomic E-state index is 12.7. The van der Waals surface area contributed by atoms with E-state index in [1.165, 1.54) is 18.3 Å². The van der Waals surface area contributed by atoms with E-state index < -0.39 is 17.7 Å². The number of rotatable bonds is 5. The van der Waals surface area contributed by atoms with Gasteiger partial charge in [-0.2, -0.15) is 0 Å². The maximum absolute atomic E-state index is 12.7. The highest BCUT2D eigenvalue weighted by Gasteiger charge is 2.47. The summed E-state index contributed by atoms with van der Waals surface area (Å²) in [5.74, 6) is -0.448. The normalized spacial score (nSPS) is 20.8. The molecular weight excluding hydrogens is 350 g/mol. The summed E-state index contributed by atoms with van der Waals surface area (Å²) >= 11 is 0. The smallest absolute Gasteiger partial charge is 0.295 e. The first-order valence-electron chi connectivity index (χ1n) is 8.68. The third kappa shape index (κ3) is 2.90. The molecule has 1 aromatic carbocycles. The van der Waals surface area contributed by atoms with Crippen LogP contribution < -0.4 is 4.74 Å². The van der Waals surface area contributed by atoms with Crippen LogP contribution in [-0.4, -0.2) is 48.6 Å². The third-order valence-electron chi connectivity index (χ3n) is 4.85. The van der Waals surface area contributed by atoms with Crippen LogP contribution in [0.3, 0.4) is 0 Å². The minimum absolute atomic E-state index is 0.0184. The van der Waals surface area contributed by atoms with Crippen molar-refractivity contribution in [1.82, 2.24) is 4.90 Å². The molecule has 2 aromatic rings. The van der Waals surface area contributed by atoms with E-state index in [0.717, 1.165) is 17.7 Å². The number of amides is 1. The van der Waals surface area contributed by atoms with E-state index in [0.29, 0.717) is 17.9 Å². The van der Waals surface area contributed by atoms with Gasteiger partial charge in [-0.3, -0.25) is 9.59 Å². The van der Waals surface area contributed by atoms with Crippen molar-refractivity contribution in [2.45, 2.75) is 12.5 Å². The zero-order chi connectivity index (χ0) is 19.0. The molecule has 0 radical (unpaired) electrons. The van der Waals surface area contributed by atoms with Gasteiger partial charge in [0.25, 0.3) is 11.7 Å². The summed E-state index contributed by atoms with van der Waals surface area (Å²) in [7, 11) is 1.52. The number of likely N-dealkylation sites (tertiary alicyclic amines) is 1. The van der Waals surface area contributed by atoms with Crippen LogP contribution in [0.25, 0.3) is 5.76 Å². The number of fused-ring (bicyclic) bond motifs is 1. The quantitative estimate of drug-likeness (QED) is 0.494. The topological polar surface area (TPSA) is 89.2 Å². The van der Waals surface area contributed by atoms with Crippen LogP contribution in [0.2, 0.25) is 0 Å². The number of carbonyl (C=O) groups is 2. The van der Waals surface area contributed by atoms with Gasteiger partial charge >= 0.3 is 0 Å². The van der Waals surface area contributed by atoms with Crippen molar-refractivity contribution in [3.8, 4) is 5.75 Å². The molecule has 1 fully saturated rings. The van der Waals surface area contributed by atoms with Crippen LogP contribution in [0.15, 0.2) is 46.6 Å². The summed E-state index contributed by atoms with van der Waals surface area (Å²) in [5, 5.41) is 10.9. The Bertz CT molecular complexity index is 915. The number of aliphatic hydroxyl groups is 1. The molecule has 3 heterocycles. The molecule has 0 saturated carbocycles. The van der Waals surface area contributed by atoms with Gasteiger partial charge in [0, 0.05) is 25.6 Å². The molecule has 7 heteroatoms. The van der Waals surface area contributed by atoms with Crippen LogP contribution in [0.4, 0.5) is 0 Å². The van der Waals surface area contributed by atoms with Crippen molar-refractivity contribution in [3.05, 3.63) is 59.1 Å². The van der Waals surface area contributed by atoms with Crippen molar-refractivity contribution in [2.75, 3.05) is 26.9 Å². The Morgan fingerprint density at radius 2 is 2.19 bits per heavy atom. The molecule has 2 aliphatic heterocycles. The van der Waals surface area contributed by atoms with Gasteiger partial charge in [-0.15, -0.1) is 0 Å². The van der Waals surface area contributed by atoms with Crippen LogP contribution >= 0.6 is 0 Å². The summed E-state index contributed by atoms with van der Waals surface area (Å²) in [6.45, 7) is 1.06. The molecule has 0 spiro atoms. The molecule has 1 amide bonds. The highest BCUT2D eigenvalue weighted by molar-refractivity contribution is 6.46. The standard InChI is InChI=1S/C20H19NO6/c1-25-10-7-21-17(15-3-2-8-26-15)16(19(23)20(21)24)18(22)13-4-5-14-12(11-13)6-9-27-14/h2-5,8,11,17,22H,6-7,9-10H2,1H3/b18-16-. The Kier molecular flexibility index (Phi) is 4.45. The Labute approximate surface area is 155 Å². The molecule has 0 bridgehead atoms. The minimum Gasteiger partial charge on any atom is -0.507 e. The zero-order valence-corrected chi connectivity index (χ0v) is 14.8. The fourth-order valence-electron chi connectivity index (χ4n) is 3.53. The number of carbonyl (C=O) groups excluding carboxylic acids is 2. The number of aliphatic hydroxyl groups excluding tert-OH is 1. The number of ketones is 1. The first-order valence-corrected chi connectivity index (χ1v) is 8.68. The molecule has 2 aliphatic rings. The average molecular weight is 369 g/mol. The van der Waals surface area contributed by atoms with E-state index in [4.69, 9.17) is 13.9 Å². The molecule has 7 nitrogen and oxygen atoms in total. The molecule has 0 aliphatic carbocycles. The Morgan fingerprint density at radius 3 is 2.93 bits per heavy atom. The Balaban J connectivity index is 1.81. The van der Waals surface area contributed by atoms with Crippen molar-refractivity contribution in [1.29, 1.82) is 0 Å². The monoisotopic (exact) mass is 369 g/mol. The highest BCUT2D eigenvalue weighted by atomic mass is 16.5. The van der Waals surface area contributed by atoms with Crippen molar-refractivity contribution < 1.29 is 28.6 Å². The van der Waals surface area contributed by atoms with Gasteiger partial charge in [-0.25, -0.2) is 0 Å². The highest BCUT2D eigenvalue weighted by Crippen LogP contribution is 2.40. The Morgan fingerprint density at radius 1 is 1.33 bits per heavy atom. The van der Waals surface area contributed by atoms with E-state index in [-0.39, 0.29) is 24.5 Å². The molecule has 1 unspecified atom stereocenters. The van der Waals surface area contributed by atoms with E-state index in [2.05, 4.69) is 0 Å². The molecule has 1 saturated heterocycles. The number of hydrogen-bond acceptors (Lipinski definition) is 6.